The van der Waals surface area contributed by atoms with E-state index in [9.17, 15) is 9.18 Å². The minimum Gasteiger partial charge on any atom is -0.465 e. The number of hydrogen-bond donors (Lipinski definition) is 1. The molecule has 0 spiro atoms. The highest BCUT2D eigenvalue weighted by Crippen LogP contribution is 2.15. The highest BCUT2D eigenvalue weighted by Gasteiger charge is 2.12. The third-order valence-electron chi connectivity index (χ3n) is 3.04. The van der Waals surface area contributed by atoms with Gasteiger partial charge in [-0.15, -0.1) is 0 Å². The van der Waals surface area contributed by atoms with Gasteiger partial charge in [0.05, 0.1) is 12.7 Å². The first-order chi connectivity index (χ1) is 10.1. The van der Waals surface area contributed by atoms with Crippen LogP contribution in [0.4, 0.5) is 4.39 Å². The predicted octanol–water partition coefficient (Wildman–Crippen LogP) is 3.56. The molecule has 0 unspecified atom stereocenters. The summed E-state index contributed by atoms with van der Waals surface area (Å²) in [5.74, 6) is -1.26. The van der Waals surface area contributed by atoms with Crippen LogP contribution in [0.5, 0.6) is 0 Å². The van der Waals surface area contributed by atoms with E-state index in [2.05, 4.69) is 10.1 Å². The quantitative estimate of drug-likeness (QED) is 0.858. The van der Waals surface area contributed by atoms with Gasteiger partial charge < -0.3 is 10.1 Å². The zero-order valence-electron chi connectivity index (χ0n) is 11.5. The monoisotopic (exact) mass is 307 g/mol. The van der Waals surface area contributed by atoms with E-state index < -0.39 is 11.8 Å². The van der Waals surface area contributed by atoms with E-state index in [1.807, 2.05) is 24.3 Å². The Morgan fingerprint density at radius 2 is 2.00 bits per heavy atom. The highest BCUT2D eigenvalue weighted by atomic mass is 35.5. The molecule has 0 saturated heterocycles. The summed E-state index contributed by atoms with van der Waals surface area (Å²) >= 11 is 6.05. The van der Waals surface area contributed by atoms with Crippen LogP contribution in [0, 0.1) is 5.82 Å². The minimum atomic E-state index is -0.678. The van der Waals surface area contributed by atoms with Gasteiger partial charge in [-0.05, 0) is 29.3 Å². The van der Waals surface area contributed by atoms with Gasteiger partial charge in [0.25, 0.3) is 0 Å². The lowest BCUT2D eigenvalue weighted by Gasteiger charge is -2.08. The fourth-order valence-corrected chi connectivity index (χ4v) is 2.13. The van der Waals surface area contributed by atoms with E-state index >= 15 is 0 Å². The Hall–Kier alpha value is -1.91. The van der Waals surface area contributed by atoms with Crippen LogP contribution in [0.3, 0.4) is 0 Å². The molecule has 0 aromatic heterocycles. The van der Waals surface area contributed by atoms with Crippen molar-refractivity contribution in [3.63, 3.8) is 0 Å². The Kier molecular flexibility index (Phi) is 5.31. The Labute approximate surface area is 127 Å². The summed E-state index contributed by atoms with van der Waals surface area (Å²) < 4.78 is 18.3. The molecule has 0 aliphatic rings. The summed E-state index contributed by atoms with van der Waals surface area (Å²) in [7, 11) is 1.22. The number of methoxy groups -OCH3 is 1. The molecule has 2 aromatic carbocycles. The molecule has 0 heterocycles. The normalized spacial score (nSPS) is 10.4. The zero-order chi connectivity index (χ0) is 15.2. The predicted molar refractivity (Wildman–Crippen MR) is 79.7 cm³/mol. The van der Waals surface area contributed by atoms with Gasteiger partial charge in [0.1, 0.15) is 5.82 Å². The van der Waals surface area contributed by atoms with Crippen molar-refractivity contribution in [3.8, 4) is 0 Å². The number of hydrogen-bond acceptors (Lipinski definition) is 3. The Balaban J connectivity index is 1.97. The van der Waals surface area contributed by atoms with Crippen molar-refractivity contribution >= 4 is 17.6 Å². The van der Waals surface area contributed by atoms with Crippen molar-refractivity contribution in [1.82, 2.24) is 5.32 Å². The van der Waals surface area contributed by atoms with Crippen LogP contribution in [-0.4, -0.2) is 13.1 Å². The zero-order valence-corrected chi connectivity index (χ0v) is 12.3. The van der Waals surface area contributed by atoms with Gasteiger partial charge in [0.2, 0.25) is 0 Å². The number of carbonyl (C=O) groups excluding carboxylic acids is 1. The molecular weight excluding hydrogens is 293 g/mol. The molecule has 0 radical (unpaired) electrons. The number of halogens is 2. The van der Waals surface area contributed by atoms with Crippen molar-refractivity contribution in [2.45, 2.75) is 13.1 Å². The summed E-state index contributed by atoms with van der Waals surface area (Å²) in [5, 5.41) is 3.87. The van der Waals surface area contributed by atoms with Gasteiger partial charge >= 0.3 is 5.97 Å². The lowest BCUT2D eigenvalue weighted by Crippen LogP contribution is -2.13. The SMILES string of the molecule is COC(=O)c1ccc(CNCc2ccccc2Cl)cc1F. The molecule has 1 N–H and O–H groups in total. The fourth-order valence-electron chi connectivity index (χ4n) is 1.93. The molecule has 0 amide bonds. The van der Waals surface area contributed by atoms with E-state index in [0.717, 1.165) is 11.1 Å². The number of nitrogens with one attached hydrogen (secondary N) is 1. The topological polar surface area (TPSA) is 38.3 Å². The molecule has 21 heavy (non-hydrogen) atoms. The summed E-state index contributed by atoms with van der Waals surface area (Å²) in [4.78, 5) is 11.3. The minimum absolute atomic E-state index is 0.0626. The van der Waals surface area contributed by atoms with E-state index in [4.69, 9.17) is 11.6 Å². The van der Waals surface area contributed by atoms with E-state index in [1.54, 1.807) is 6.07 Å². The van der Waals surface area contributed by atoms with Crippen LogP contribution in [0.2, 0.25) is 5.02 Å². The molecule has 0 aliphatic carbocycles. The first-order valence-electron chi connectivity index (χ1n) is 6.42. The molecule has 0 atom stereocenters. The smallest absolute Gasteiger partial charge is 0.340 e. The molecule has 2 aromatic rings. The molecule has 3 nitrogen and oxygen atoms in total. The van der Waals surface area contributed by atoms with Crippen LogP contribution in [0.25, 0.3) is 0 Å². The molecule has 0 aliphatic heterocycles. The Bertz CT molecular complexity index is 646. The van der Waals surface area contributed by atoms with E-state index in [0.29, 0.717) is 18.1 Å². The summed E-state index contributed by atoms with van der Waals surface area (Å²) in [6.07, 6.45) is 0. The second-order valence-electron chi connectivity index (χ2n) is 4.50. The summed E-state index contributed by atoms with van der Waals surface area (Å²) in [5.41, 5.74) is 1.66. The van der Waals surface area contributed by atoms with Gasteiger partial charge in [0.15, 0.2) is 0 Å². The number of esters is 1. The van der Waals surface area contributed by atoms with E-state index in [1.165, 1.54) is 19.2 Å². The average Bonchev–Trinajstić information content (AvgIpc) is 2.48. The lowest BCUT2D eigenvalue weighted by molar-refractivity contribution is 0.0595. The Morgan fingerprint density at radius 1 is 1.24 bits per heavy atom. The summed E-state index contributed by atoms with van der Waals surface area (Å²) in [6.45, 7) is 1.06. The third kappa shape index (κ3) is 4.03. The molecule has 2 rings (SSSR count). The molecule has 110 valence electrons. The van der Waals surface area contributed by atoms with Crippen molar-refractivity contribution in [3.05, 3.63) is 70.0 Å². The third-order valence-corrected chi connectivity index (χ3v) is 3.41. The number of carbonyl (C=O) groups is 1. The first kappa shape index (κ1) is 15.5. The van der Waals surface area contributed by atoms with Crippen LogP contribution < -0.4 is 5.32 Å². The molecule has 0 saturated carbocycles. The second kappa shape index (κ2) is 7.20. The fraction of sp³-hybridized carbons (Fsp3) is 0.188. The average molecular weight is 308 g/mol. The maximum absolute atomic E-state index is 13.8. The van der Waals surface area contributed by atoms with Crippen molar-refractivity contribution in [2.24, 2.45) is 0 Å². The highest BCUT2D eigenvalue weighted by molar-refractivity contribution is 6.31. The molecule has 5 heteroatoms. The number of benzene rings is 2. The Morgan fingerprint density at radius 3 is 2.67 bits per heavy atom. The largest absolute Gasteiger partial charge is 0.465 e. The van der Waals surface area contributed by atoms with Gasteiger partial charge in [-0.3, -0.25) is 0 Å². The molecule has 0 bridgehead atoms. The van der Waals surface area contributed by atoms with Gasteiger partial charge in [-0.25, -0.2) is 9.18 Å². The van der Waals surface area contributed by atoms with Gasteiger partial charge in [-0.2, -0.15) is 0 Å². The molecule has 0 fully saturated rings. The van der Waals surface area contributed by atoms with Crippen LogP contribution in [-0.2, 0) is 17.8 Å². The summed E-state index contributed by atoms with van der Waals surface area (Å²) in [6, 6.07) is 12.0. The lowest BCUT2D eigenvalue weighted by atomic mass is 10.1. The molecular formula is C16H15ClFNO2. The van der Waals surface area contributed by atoms with Crippen LogP contribution >= 0.6 is 11.6 Å². The first-order valence-corrected chi connectivity index (χ1v) is 6.80. The number of ether oxygens (including phenoxy) is 1. The van der Waals surface area contributed by atoms with Crippen LogP contribution in [0.15, 0.2) is 42.5 Å². The van der Waals surface area contributed by atoms with Crippen LogP contribution in [0.1, 0.15) is 21.5 Å². The maximum Gasteiger partial charge on any atom is 0.340 e. The van der Waals surface area contributed by atoms with Gasteiger partial charge in [-0.1, -0.05) is 35.9 Å². The van der Waals surface area contributed by atoms with Crippen molar-refractivity contribution in [2.75, 3.05) is 7.11 Å². The maximum atomic E-state index is 13.8. The van der Waals surface area contributed by atoms with Gasteiger partial charge in [0, 0.05) is 18.1 Å². The number of rotatable bonds is 5. The van der Waals surface area contributed by atoms with E-state index in [-0.39, 0.29) is 5.56 Å². The standard InChI is InChI=1S/C16H15ClFNO2/c1-21-16(20)13-7-6-11(8-15(13)18)9-19-10-12-4-2-3-5-14(12)17/h2-8,19H,9-10H2,1H3. The van der Waals surface area contributed by atoms with Crippen molar-refractivity contribution in [1.29, 1.82) is 0 Å². The second-order valence-corrected chi connectivity index (χ2v) is 4.91. The van der Waals surface area contributed by atoms with Crippen molar-refractivity contribution < 1.29 is 13.9 Å².